The van der Waals surface area contributed by atoms with Gasteiger partial charge in [0.15, 0.2) is 0 Å². The largest absolute Gasteiger partial charge is 0.368 e. The Morgan fingerprint density at radius 1 is 1.50 bits per heavy atom. The second kappa shape index (κ2) is 4.35. The number of nitrogens with two attached hydrogens (primary N) is 1. The number of anilines is 2. The summed E-state index contributed by atoms with van der Waals surface area (Å²) in [6.07, 6.45) is 1.43. The molecule has 5 heteroatoms. The fraction of sp³-hybridized carbons (Fsp3) is 0.545. The summed E-state index contributed by atoms with van der Waals surface area (Å²) in [5.41, 5.74) is 5.98. The van der Waals surface area contributed by atoms with E-state index in [-0.39, 0.29) is 17.4 Å². The normalized spacial score (nSPS) is 12.9. The lowest BCUT2D eigenvalue weighted by Crippen LogP contribution is -2.31. The maximum Gasteiger partial charge on any atom is 0.222 e. The van der Waals surface area contributed by atoms with Gasteiger partial charge in [-0.25, -0.2) is 4.98 Å². The standard InChI is InChI=1S/C11H17N5/c1-7(11(2,3)4)15-9-8(5-12)6-14-10(13)16-9/h6-7H,1-4H3,(H3,13,14,15,16)/t7-/m0/s1. The molecular formula is C11H17N5. The second-order valence-corrected chi connectivity index (χ2v) is 4.83. The van der Waals surface area contributed by atoms with Crippen LogP contribution in [-0.4, -0.2) is 16.0 Å². The smallest absolute Gasteiger partial charge is 0.222 e. The van der Waals surface area contributed by atoms with E-state index in [9.17, 15) is 0 Å². The molecule has 1 aromatic rings. The van der Waals surface area contributed by atoms with Gasteiger partial charge in [-0.1, -0.05) is 20.8 Å². The molecule has 0 unspecified atom stereocenters. The molecule has 0 fully saturated rings. The van der Waals surface area contributed by atoms with Crippen molar-refractivity contribution >= 4 is 11.8 Å². The molecule has 1 rings (SSSR count). The van der Waals surface area contributed by atoms with E-state index in [1.165, 1.54) is 6.20 Å². The van der Waals surface area contributed by atoms with Crippen molar-refractivity contribution in [1.82, 2.24) is 9.97 Å². The first-order valence-electron chi connectivity index (χ1n) is 5.13. The topological polar surface area (TPSA) is 87.6 Å². The summed E-state index contributed by atoms with van der Waals surface area (Å²) in [6.45, 7) is 8.38. The predicted octanol–water partition coefficient (Wildman–Crippen LogP) is 1.78. The highest BCUT2D eigenvalue weighted by molar-refractivity contribution is 5.53. The molecule has 1 heterocycles. The Kier molecular flexibility index (Phi) is 3.33. The van der Waals surface area contributed by atoms with Crippen LogP contribution in [0.2, 0.25) is 0 Å². The van der Waals surface area contributed by atoms with Crippen molar-refractivity contribution in [3.8, 4) is 6.07 Å². The Bertz CT molecular complexity index is 413. The van der Waals surface area contributed by atoms with Crippen molar-refractivity contribution in [2.24, 2.45) is 5.41 Å². The number of nitrogen functional groups attached to an aromatic ring is 1. The Labute approximate surface area is 95.7 Å². The minimum atomic E-state index is 0.0758. The summed E-state index contributed by atoms with van der Waals surface area (Å²) < 4.78 is 0. The highest BCUT2D eigenvalue weighted by atomic mass is 15.1. The van der Waals surface area contributed by atoms with E-state index in [1.807, 2.05) is 13.0 Å². The van der Waals surface area contributed by atoms with E-state index in [0.29, 0.717) is 11.4 Å². The van der Waals surface area contributed by atoms with Crippen molar-refractivity contribution in [2.75, 3.05) is 11.1 Å². The van der Waals surface area contributed by atoms with Crippen molar-refractivity contribution in [3.05, 3.63) is 11.8 Å². The van der Waals surface area contributed by atoms with Gasteiger partial charge >= 0.3 is 0 Å². The molecule has 0 saturated heterocycles. The number of hydrogen-bond acceptors (Lipinski definition) is 5. The first kappa shape index (κ1) is 12.2. The Hall–Kier alpha value is -1.83. The van der Waals surface area contributed by atoms with Gasteiger partial charge in [0.05, 0.1) is 6.20 Å². The minimum Gasteiger partial charge on any atom is -0.368 e. The summed E-state index contributed by atoms with van der Waals surface area (Å²) in [5.74, 6) is 0.667. The SMILES string of the molecule is C[C@H](Nc1nc(N)ncc1C#N)C(C)(C)C. The van der Waals surface area contributed by atoms with Gasteiger partial charge in [0, 0.05) is 6.04 Å². The average molecular weight is 219 g/mol. The summed E-state index contributed by atoms with van der Waals surface area (Å²) >= 11 is 0. The predicted molar refractivity (Wildman–Crippen MR) is 63.7 cm³/mol. The molecule has 5 nitrogen and oxygen atoms in total. The lowest BCUT2D eigenvalue weighted by atomic mass is 9.88. The number of nitriles is 1. The third-order valence-electron chi connectivity index (χ3n) is 2.58. The lowest BCUT2D eigenvalue weighted by molar-refractivity contribution is 0.358. The summed E-state index contributed by atoms with van der Waals surface area (Å²) in [4.78, 5) is 7.81. The summed E-state index contributed by atoms with van der Waals surface area (Å²) in [7, 11) is 0. The number of aromatic nitrogens is 2. The first-order chi connectivity index (χ1) is 7.34. The quantitative estimate of drug-likeness (QED) is 0.791. The van der Waals surface area contributed by atoms with Gasteiger partial charge in [0.1, 0.15) is 17.5 Å². The van der Waals surface area contributed by atoms with Gasteiger partial charge in [-0.2, -0.15) is 10.2 Å². The molecule has 0 aliphatic heterocycles. The zero-order valence-corrected chi connectivity index (χ0v) is 10.1. The van der Waals surface area contributed by atoms with E-state index in [1.54, 1.807) is 0 Å². The Morgan fingerprint density at radius 2 is 2.12 bits per heavy atom. The van der Waals surface area contributed by atoms with Crippen LogP contribution in [0, 0.1) is 16.7 Å². The molecule has 86 valence electrons. The molecule has 0 bridgehead atoms. The average Bonchev–Trinajstić information content (AvgIpc) is 2.16. The molecule has 0 aliphatic rings. The van der Waals surface area contributed by atoms with Gasteiger partial charge in [0.2, 0.25) is 5.95 Å². The van der Waals surface area contributed by atoms with Crippen LogP contribution in [0.15, 0.2) is 6.20 Å². The molecule has 0 aliphatic carbocycles. The number of nitrogens with zero attached hydrogens (tertiary/aromatic N) is 3. The van der Waals surface area contributed by atoms with E-state index in [2.05, 4.69) is 36.1 Å². The maximum absolute atomic E-state index is 8.91. The van der Waals surface area contributed by atoms with Crippen LogP contribution in [-0.2, 0) is 0 Å². The van der Waals surface area contributed by atoms with Gasteiger partial charge in [-0.3, -0.25) is 0 Å². The van der Waals surface area contributed by atoms with Crippen LogP contribution in [0.4, 0.5) is 11.8 Å². The lowest BCUT2D eigenvalue weighted by Gasteiger charge is -2.28. The number of hydrogen-bond donors (Lipinski definition) is 2. The second-order valence-electron chi connectivity index (χ2n) is 4.83. The van der Waals surface area contributed by atoms with Crippen LogP contribution in [0.1, 0.15) is 33.3 Å². The molecule has 1 atom stereocenters. The maximum atomic E-state index is 8.91. The molecule has 16 heavy (non-hydrogen) atoms. The molecule has 0 amide bonds. The molecule has 0 saturated carbocycles. The molecule has 0 spiro atoms. The molecule has 3 N–H and O–H groups in total. The highest BCUT2D eigenvalue weighted by Crippen LogP contribution is 2.23. The zero-order chi connectivity index (χ0) is 12.3. The molecule has 0 radical (unpaired) electrons. The van der Waals surface area contributed by atoms with Crippen molar-refractivity contribution in [1.29, 1.82) is 5.26 Å². The number of nitrogens with one attached hydrogen (secondary N) is 1. The van der Waals surface area contributed by atoms with Gasteiger partial charge < -0.3 is 11.1 Å². The number of rotatable bonds is 2. The van der Waals surface area contributed by atoms with Gasteiger partial charge in [-0.05, 0) is 12.3 Å². The van der Waals surface area contributed by atoms with Crippen molar-refractivity contribution < 1.29 is 0 Å². The summed E-state index contributed by atoms with van der Waals surface area (Å²) in [6, 6.07) is 2.21. The van der Waals surface area contributed by atoms with Crippen LogP contribution >= 0.6 is 0 Å². The third kappa shape index (κ3) is 2.83. The van der Waals surface area contributed by atoms with Crippen LogP contribution in [0.3, 0.4) is 0 Å². The summed E-state index contributed by atoms with van der Waals surface area (Å²) in [5, 5.41) is 12.1. The van der Waals surface area contributed by atoms with Crippen LogP contribution in [0.25, 0.3) is 0 Å². The van der Waals surface area contributed by atoms with E-state index < -0.39 is 0 Å². The monoisotopic (exact) mass is 219 g/mol. The Balaban J connectivity index is 2.97. The zero-order valence-electron chi connectivity index (χ0n) is 10.1. The Morgan fingerprint density at radius 3 is 2.62 bits per heavy atom. The van der Waals surface area contributed by atoms with Crippen molar-refractivity contribution in [3.63, 3.8) is 0 Å². The molecule has 1 aromatic heterocycles. The first-order valence-corrected chi connectivity index (χ1v) is 5.13. The van der Waals surface area contributed by atoms with Gasteiger partial charge in [0.25, 0.3) is 0 Å². The van der Waals surface area contributed by atoms with Crippen LogP contribution in [0.5, 0.6) is 0 Å². The van der Waals surface area contributed by atoms with E-state index >= 15 is 0 Å². The van der Waals surface area contributed by atoms with Crippen LogP contribution < -0.4 is 11.1 Å². The fourth-order valence-electron chi connectivity index (χ4n) is 1.01. The highest BCUT2D eigenvalue weighted by Gasteiger charge is 2.21. The molecular weight excluding hydrogens is 202 g/mol. The van der Waals surface area contributed by atoms with Crippen molar-refractivity contribution in [2.45, 2.75) is 33.7 Å². The fourth-order valence-corrected chi connectivity index (χ4v) is 1.01. The molecule has 0 aromatic carbocycles. The van der Waals surface area contributed by atoms with Gasteiger partial charge in [-0.15, -0.1) is 0 Å². The van der Waals surface area contributed by atoms with E-state index in [0.717, 1.165) is 0 Å². The minimum absolute atomic E-state index is 0.0758. The van der Waals surface area contributed by atoms with E-state index in [4.69, 9.17) is 11.0 Å². The third-order valence-corrected chi connectivity index (χ3v) is 2.58.